The molecule has 0 bridgehead atoms. The van der Waals surface area contributed by atoms with Crippen molar-refractivity contribution in [1.29, 1.82) is 0 Å². The second kappa shape index (κ2) is 7.06. The maximum absolute atomic E-state index is 11.5. The van der Waals surface area contributed by atoms with Crippen LogP contribution in [0.2, 0.25) is 0 Å². The highest BCUT2D eigenvalue weighted by molar-refractivity contribution is 5.92. The van der Waals surface area contributed by atoms with E-state index in [-0.39, 0.29) is 18.7 Å². The van der Waals surface area contributed by atoms with Gasteiger partial charge in [-0.05, 0) is 30.9 Å². The summed E-state index contributed by atoms with van der Waals surface area (Å²) in [4.78, 5) is 28.6. The number of carboxylic acid groups (broad SMARTS) is 1. The number of nitrogens with zero attached hydrogens (tertiary/aromatic N) is 2. The van der Waals surface area contributed by atoms with E-state index >= 15 is 0 Å². The van der Waals surface area contributed by atoms with Gasteiger partial charge < -0.3 is 15.3 Å². The second-order valence-corrected chi connectivity index (χ2v) is 5.54. The summed E-state index contributed by atoms with van der Waals surface area (Å²) < 4.78 is 0. The predicted octanol–water partition coefficient (Wildman–Crippen LogP) is 2.12. The van der Waals surface area contributed by atoms with E-state index < -0.39 is 5.97 Å². The molecule has 2 rings (SSSR count). The van der Waals surface area contributed by atoms with Crippen molar-refractivity contribution in [2.24, 2.45) is 5.92 Å². The fourth-order valence-corrected chi connectivity index (χ4v) is 2.49. The number of hydrogen-bond acceptors (Lipinski definition) is 4. The molecule has 1 aliphatic rings. The molecule has 0 aliphatic carbocycles. The Hall–Kier alpha value is -2.11. The number of hydrogen-bond donors (Lipinski definition) is 2. The smallest absolute Gasteiger partial charge is 0.303 e. The molecule has 2 N–H and O–H groups in total. The third-order valence-corrected chi connectivity index (χ3v) is 3.58. The van der Waals surface area contributed by atoms with Gasteiger partial charge in [0.25, 0.3) is 0 Å². The van der Waals surface area contributed by atoms with Crippen LogP contribution in [-0.2, 0) is 9.59 Å². The summed E-state index contributed by atoms with van der Waals surface area (Å²) in [6.45, 7) is 4.27. The molecule has 1 fully saturated rings. The molecule has 1 saturated heterocycles. The van der Waals surface area contributed by atoms with Crippen LogP contribution in [0.25, 0.3) is 0 Å². The van der Waals surface area contributed by atoms with E-state index in [1.54, 1.807) is 12.3 Å². The van der Waals surface area contributed by atoms with Crippen molar-refractivity contribution in [3.63, 3.8) is 0 Å². The Morgan fingerprint density at radius 3 is 2.86 bits per heavy atom. The molecule has 0 saturated carbocycles. The lowest BCUT2D eigenvalue weighted by atomic mass is 10.0. The number of anilines is 2. The Morgan fingerprint density at radius 1 is 1.43 bits per heavy atom. The van der Waals surface area contributed by atoms with Gasteiger partial charge in [-0.15, -0.1) is 0 Å². The topological polar surface area (TPSA) is 82.5 Å². The minimum Gasteiger partial charge on any atom is -0.481 e. The molecule has 1 unspecified atom stereocenters. The van der Waals surface area contributed by atoms with Crippen molar-refractivity contribution in [3.05, 3.63) is 18.3 Å². The first-order valence-corrected chi connectivity index (χ1v) is 7.27. The number of nitrogens with one attached hydrogen (secondary N) is 1. The number of aromatic nitrogens is 1. The molecule has 114 valence electrons. The Morgan fingerprint density at radius 2 is 2.24 bits per heavy atom. The van der Waals surface area contributed by atoms with Gasteiger partial charge in [-0.2, -0.15) is 0 Å². The van der Waals surface area contributed by atoms with Crippen LogP contribution in [0.4, 0.5) is 11.5 Å². The van der Waals surface area contributed by atoms with E-state index in [4.69, 9.17) is 5.11 Å². The predicted molar refractivity (Wildman–Crippen MR) is 80.3 cm³/mol. The quantitative estimate of drug-likeness (QED) is 0.868. The van der Waals surface area contributed by atoms with Crippen molar-refractivity contribution < 1.29 is 14.7 Å². The Bertz CT molecular complexity index is 501. The van der Waals surface area contributed by atoms with Crippen LogP contribution in [0.3, 0.4) is 0 Å². The Labute approximate surface area is 124 Å². The summed E-state index contributed by atoms with van der Waals surface area (Å²) in [5.74, 6) is 0.317. The molecule has 21 heavy (non-hydrogen) atoms. The number of aliphatic carboxylic acids is 1. The molecule has 6 heteroatoms. The van der Waals surface area contributed by atoms with E-state index in [2.05, 4.69) is 22.1 Å². The van der Waals surface area contributed by atoms with Crippen molar-refractivity contribution in [1.82, 2.24) is 4.98 Å². The zero-order chi connectivity index (χ0) is 15.2. The van der Waals surface area contributed by atoms with Crippen LogP contribution in [-0.4, -0.2) is 35.1 Å². The molecule has 6 nitrogen and oxygen atoms in total. The number of rotatable bonds is 5. The number of carbonyl (C=O) groups excluding carboxylic acids is 1. The molecular formula is C15H21N3O3. The summed E-state index contributed by atoms with van der Waals surface area (Å²) in [7, 11) is 0. The lowest BCUT2D eigenvalue weighted by Crippen LogP contribution is -2.34. The van der Waals surface area contributed by atoms with E-state index in [0.717, 1.165) is 18.9 Å². The minimum absolute atomic E-state index is 0.0271. The van der Waals surface area contributed by atoms with E-state index in [0.29, 0.717) is 11.6 Å². The van der Waals surface area contributed by atoms with Gasteiger partial charge >= 0.3 is 5.97 Å². The summed E-state index contributed by atoms with van der Waals surface area (Å²) >= 11 is 0. The normalized spacial score (nSPS) is 18.3. The van der Waals surface area contributed by atoms with E-state index in [1.165, 1.54) is 12.8 Å². The maximum atomic E-state index is 11.5. The van der Waals surface area contributed by atoms with Gasteiger partial charge in [-0.25, -0.2) is 4.98 Å². The number of pyridine rings is 1. The summed E-state index contributed by atoms with van der Waals surface area (Å²) in [5.41, 5.74) is 0.596. The van der Waals surface area contributed by atoms with Gasteiger partial charge in [0.05, 0.1) is 18.3 Å². The third kappa shape index (κ3) is 4.73. The van der Waals surface area contributed by atoms with Crippen LogP contribution in [0, 0.1) is 5.92 Å². The third-order valence-electron chi connectivity index (χ3n) is 3.58. The lowest BCUT2D eigenvalue weighted by molar-refractivity contribution is -0.138. The maximum Gasteiger partial charge on any atom is 0.303 e. The van der Waals surface area contributed by atoms with Gasteiger partial charge in [0, 0.05) is 19.5 Å². The lowest BCUT2D eigenvalue weighted by Gasteiger charge is -2.31. The highest BCUT2D eigenvalue weighted by Gasteiger charge is 2.17. The van der Waals surface area contributed by atoms with Crippen LogP contribution >= 0.6 is 0 Å². The number of carboxylic acids is 1. The fourth-order valence-electron chi connectivity index (χ4n) is 2.49. The van der Waals surface area contributed by atoms with Gasteiger partial charge in [0.2, 0.25) is 5.91 Å². The first-order chi connectivity index (χ1) is 10.0. The van der Waals surface area contributed by atoms with Crippen molar-refractivity contribution in [3.8, 4) is 0 Å². The SMILES string of the molecule is CC1CCCN(c2ccc(NC(=O)CCC(=O)O)cn2)C1. The van der Waals surface area contributed by atoms with Crippen molar-refractivity contribution in [2.75, 3.05) is 23.3 Å². The van der Waals surface area contributed by atoms with E-state index in [1.807, 2.05) is 6.07 Å². The second-order valence-electron chi connectivity index (χ2n) is 5.54. The van der Waals surface area contributed by atoms with Crippen molar-refractivity contribution >= 4 is 23.4 Å². The standard InChI is InChI=1S/C15H21N3O3/c1-11-3-2-8-18(10-11)13-5-4-12(9-16-13)17-14(19)6-7-15(20)21/h4-5,9,11H,2-3,6-8,10H2,1H3,(H,17,19)(H,20,21). The molecule has 0 spiro atoms. The first-order valence-electron chi connectivity index (χ1n) is 7.27. The molecule has 2 heterocycles. The zero-order valence-corrected chi connectivity index (χ0v) is 12.2. The number of carbonyl (C=O) groups is 2. The van der Waals surface area contributed by atoms with Gasteiger partial charge in [0.1, 0.15) is 5.82 Å². The molecule has 1 aromatic heterocycles. The number of amides is 1. The highest BCUT2D eigenvalue weighted by atomic mass is 16.4. The molecule has 0 radical (unpaired) electrons. The molecule has 1 aromatic rings. The fraction of sp³-hybridized carbons (Fsp3) is 0.533. The van der Waals surface area contributed by atoms with Crippen LogP contribution in [0.5, 0.6) is 0 Å². The highest BCUT2D eigenvalue weighted by Crippen LogP contribution is 2.22. The van der Waals surface area contributed by atoms with Crippen LogP contribution in [0.15, 0.2) is 18.3 Å². The van der Waals surface area contributed by atoms with E-state index in [9.17, 15) is 9.59 Å². The molecule has 1 amide bonds. The largest absolute Gasteiger partial charge is 0.481 e. The summed E-state index contributed by atoms with van der Waals surface area (Å²) in [5, 5.41) is 11.2. The van der Waals surface area contributed by atoms with Crippen LogP contribution < -0.4 is 10.2 Å². The van der Waals surface area contributed by atoms with Gasteiger partial charge in [0.15, 0.2) is 0 Å². The van der Waals surface area contributed by atoms with Gasteiger partial charge in [-0.1, -0.05) is 6.92 Å². The van der Waals surface area contributed by atoms with Crippen LogP contribution in [0.1, 0.15) is 32.6 Å². The summed E-state index contributed by atoms with van der Waals surface area (Å²) in [6.07, 6.45) is 3.86. The molecule has 0 aromatic carbocycles. The Balaban J connectivity index is 1.89. The molecule has 1 aliphatic heterocycles. The summed E-state index contributed by atoms with van der Waals surface area (Å²) in [6, 6.07) is 3.70. The zero-order valence-electron chi connectivity index (χ0n) is 12.2. The molecule has 1 atom stereocenters. The van der Waals surface area contributed by atoms with Gasteiger partial charge in [-0.3, -0.25) is 9.59 Å². The minimum atomic E-state index is -0.974. The molecular weight excluding hydrogens is 270 g/mol. The average Bonchev–Trinajstić information content (AvgIpc) is 2.46. The Kier molecular flexibility index (Phi) is 5.14. The monoisotopic (exact) mass is 291 g/mol. The first kappa shape index (κ1) is 15.3. The number of piperidine rings is 1. The van der Waals surface area contributed by atoms with Crippen molar-refractivity contribution in [2.45, 2.75) is 32.6 Å². The average molecular weight is 291 g/mol.